The molecule has 0 atom stereocenters. The van der Waals surface area contributed by atoms with Gasteiger partial charge in [0.25, 0.3) is 5.91 Å². The number of aliphatic imine (C=N–C) groups is 1. The van der Waals surface area contributed by atoms with Crippen LogP contribution in [0.1, 0.15) is 29.8 Å². The Kier molecular flexibility index (Phi) is 6.68. The van der Waals surface area contributed by atoms with E-state index in [4.69, 9.17) is 27.9 Å². The van der Waals surface area contributed by atoms with Crippen LogP contribution in [-0.2, 0) is 5.75 Å². The number of hydrogen-bond donors (Lipinski definition) is 0. The molecule has 0 fully saturated rings. The van der Waals surface area contributed by atoms with Gasteiger partial charge in [0, 0.05) is 17.9 Å². The number of amidine groups is 1. The van der Waals surface area contributed by atoms with Gasteiger partial charge in [0.1, 0.15) is 5.75 Å². The summed E-state index contributed by atoms with van der Waals surface area (Å²) in [6.45, 7) is 5.14. The van der Waals surface area contributed by atoms with E-state index in [0.717, 1.165) is 16.5 Å². The smallest absolute Gasteiger partial charge is 0.259 e. The molecule has 1 aliphatic rings. The summed E-state index contributed by atoms with van der Waals surface area (Å²) in [4.78, 5) is 19.1. The van der Waals surface area contributed by atoms with Crippen molar-refractivity contribution in [3.05, 3.63) is 63.6 Å². The first-order chi connectivity index (χ1) is 12.9. The second-order valence-corrected chi connectivity index (χ2v) is 8.11. The van der Waals surface area contributed by atoms with Gasteiger partial charge < -0.3 is 4.74 Å². The lowest BCUT2D eigenvalue weighted by molar-refractivity contribution is 0.0860. The fourth-order valence-corrected chi connectivity index (χ4v) is 3.93. The molecule has 0 bridgehead atoms. The van der Waals surface area contributed by atoms with Crippen LogP contribution in [0.2, 0.25) is 10.0 Å². The van der Waals surface area contributed by atoms with Crippen molar-refractivity contribution in [1.29, 1.82) is 0 Å². The third-order valence-electron chi connectivity index (χ3n) is 3.87. The van der Waals surface area contributed by atoms with E-state index in [9.17, 15) is 4.79 Å². The molecule has 1 heterocycles. The zero-order valence-electron chi connectivity index (χ0n) is 15.1. The predicted octanol–water partition coefficient (Wildman–Crippen LogP) is 5.53. The minimum Gasteiger partial charge on any atom is -0.491 e. The number of ether oxygens (including phenoxy) is 1. The molecule has 2 aromatic carbocycles. The molecular weight excluding hydrogens is 403 g/mol. The van der Waals surface area contributed by atoms with Crippen molar-refractivity contribution in [1.82, 2.24) is 4.90 Å². The summed E-state index contributed by atoms with van der Waals surface area (Å²) in [5.41, 5.74) is 1.66. The van der Waals surface area contributed by atoms with Crippen molar-refractivity contribution in [2.75, 3.05) is 13.1 Å². The van der Waals surface area contributed by atoms with Gasteiger partial charge in [-0.2, -0.15) is 0 Å². The summed E-state index contributed by atoms with van der Waals surface area (Å²) >= 11 is 13.5. The first kappa shape index (κ1) is 20.1. The number of rotatable bonds is 5. The fourth-order valence-electron chi connectivity index (χ4n) is 2.62. The summed E-state index contributed by atoms with van der Waals surface area (Å²) in [6.07, 6.45) is 0.0987. The Morgan fingerprint density at radius 3 is 2.59 bits per heavy atom. The van der Waals surface area contributed by atoms with Gasteiger partial charge in [0.05, 0.1) is 22.7 Å². The van der Waals surface area contributed by atoms with Gasteiger partial charge in [-0.15, -0.1) is 0 Å². The van der Waals surface area contributed by atoms with E-state index in [0.29, 0.717) is 34.5 Å². The molecule has 2 aromatic rings. The van der Waals surface area contributed by atoms with Gasteiger partial charge in [-0.25, -0.2) is 0 Å². The monoisotopic (exact) mass is 422 g/mol. The maximum atomic E-state index is 12.9. The van der Waals surface area contributed by atoms with Crippen LogP contribution in [0.15, 0.2) is 47.5 Å². The van der Waals surface area contributed by atoms with Crippen molar-refractivity contribution in [3.63, 3.8) is 0 Å². The van der Waals surface area contributed by atoms with Gasteiger partial charge in [-0.05, 0) is 55.8 Å². The molecule has 0 N–H and O–H groups in total. The van der Waals surface area contributed by atoms with Gasteiger partial charge in [-0.3, -0.25) is 14.7 Å². The van der Waals surface area contributed by atoms with Crippen LogP contribution in [0, 0.1) is 0 Å². The minimum absolute atomic E-state index is 0.0519. The highest BCUT2D eigenvalue weighted by molar-refractivity contribution is 8.13. The normalized spacial score (nSPS) is 13.8. The maximum Gasteiger partial charge on any atom is 0.259 e. The molecule has 1 aliphatic heterocycles. The van der Waals surface area contributed by atoms with E-state index in [1.54, 1.807) is 23.1 Å². The van der Waals surface area contributed by atoms with Crippen LogP contribution < -0.4 is 4.74 Å². The lowest BCUT2D eigenvalue weighted by Crippen LogP contribution is -2.32. The Morgan fingerprint density at radius 2 is 1.93 bits per heavy atom. The fraction of sp³-hybridized carbons (Fsp3) is 0.300. The molecule has 0 unspecified atom stereocenters. The number of halogens is 2. The molecule has 0 radical (unpaired) electrons. The number of hydrogen-bond acceptors (Lipinski definition) is 4. The van der Waals surface area contributed by atoms with Crippen LogP contribution in [0.5, 0.6) is 5.75 Å². The molecule has 142 valence electrons. The highest BCUT2D eigenvalue weighted by atomic mass is 35.5. The average molecular weight is 423 g/mol. The van der Waals surface area contributed by atoms with Gasteiger partial charge in [-0.1, -0.05) is 41.0 Å². The van der Waals surface area contributed by atoms with Crippen molar-refractivity contribution in [2.24, 2.45) is 4.99 Å². The van der Waals surface area contributed by atoms with Crippen LogP contribution in [0.25, 0.3) is 0 Å². The largest absolute Gasteiger partial charge is 0.491 e. The van der Waals surface area contributed by atoms with Gasteiger partial charge in [0.2, 0.25) is 0 Å². The zero-order chi connectivity index (χ0) is 19.4. The first-order valence-corrected chi connectivity index (χ1v) is 10.4. The minimum atomic E-state index is -0.0519. The molecular formula is C20H20Cl2N2O2S. The van der Waals surface area contributed by atoms with E-state index in [-0.39, 0.29) is 12.0 Å². The highest BCUT2D eigenvalue weighted by Gasteiger charge is 2.25. The Bertz CT molecular complexity index is 854. The van der Waals surface area contributed by atoms with Crippen molar-refractivity contribution in [3.8, 4) is 5.75 Å². The Labute approximate surface area is 173 Å². The molecule has 0 aliphatic carbocycles. The quantitative estimate of drug-likeness (QED) is 0.636. The number of benzene rings is 2. The summed E-state index contributed by atoms with van der Waals surface area (Å²) in [6, 6.07) is 12.8. The van der Waals surface area contributed by atoms with E-state index in [2.05, 4.69) is 4.99 Å². The summed E-state index contributed by atoms with van der Waals surface area (Å²) in [7, 11) is 0. The topological polar surface area (TPSA) is 41.9 Å². The average Bonchev–Trinajstić information content (AvgIpc) is 3.11. The molecule has 3 rings (SSSR count). The second-order valence-electron chi connectivity index (χ2n) is 6.35. The molecule has 27 heavy (non-hydrogen) atoms. The number of nitrogens with zero attached hydrogens (tertiary/aromatic N) is 2. The Balaban J connectivity index is 1.64. The third-order valence-corrected chi connectivity index (χ3v) is 5.70. The highest BCUT2D eigenvalue weighted by Crippen LogP contribution is 2.27. The molecule has 1 amide bonds. The van der Waals surface area contributed by atoms with Crippen LogP contribution in [0.3, 0.4) is 0 Å². The van der Waals surface area contributed by atoms with E-state index >= 15 is 0 Å². The predicted molar refractivity (Wildman–Crippen MR) is 113 cm³/mol. The molecule has 7 heteroatoms. The molecule has 0 aromatic heterocycles. The summed E-state index contributed by atoms with van der Waals surface area (Å²) in [5, 5.41) is 1.79. The Morgan fingerprint density at radius 1 is 1.19 bits per heavy atom. The molecule has 0 saturated heterocycles. The lowest BCUT2D eigenvalue weighted by Gasteiger charge is -2.18. The molecule has 4 nitrogen and oxygen atoms in total. The van der Waals surface area contributed by atoms with Crippen LogP contribution in [0.4, 0.5) is 0 Å². The standard InChI is InChI=1S/C20H20Cl2N2O2S/c1-13(2)26-16-6-4-15(5-7-16)19(25)24-10-9-23-20(24)27-12-14-3-8-17(21)18(22)11-14/h3-8,11,13H,9-10,12H2,1-2H3. The van der Waals surface area contributed by atoms with E-state index in [1.165, 1.54) is 11.8 Å². The second kappa shape index (κ2) is 9.00. The van der Waals surface area contributed by atoms with Gasteiger partial charge >= 0.3 is 0 Å². The van der Waals surface area contributed by atoms with Crippen LogP contribution in [-0.4, -0.2) is 35.2 Å². The third kappa shape index (κ3) is 5.18. The van der Waals surface area contributed by atoms with E-state index < -0.39 is 0 Å². The first-order valence-electron chi connectivity index (χ1n) is 8.64. The SMILES string of the molecule is CC(C)Oc1ccc(C(=O)N2CCN=C2SCc2ccc(Cl)c(Cl)c2)cc1. The zero-order valence-corrected chi connectivity index (χ0v) is 17.4. The lowest BCUT2D eigenvalue weighted by atomic mass is 10.2. The number of carbonyl (C=O) groups excluding carboxylic acids is 1. The summed E-state index contributed by atoms with van der Waals surface area (Å²) < 4.78 is 5.63. The number of carbonyl (C=O) groups is 1. The maximum absolute atomic E-state index is 12.9. The Hall–Kier alpha value is -1.69. The number of amides is 1. The summed E-state index contributed by atoms with van der Waals surface area (Å²) in [5.74, 6) is 1.37. The van der Waals surface area contributed by atoms with Gasteiger partial charge in [0.15, 0.2) is 5.17 Å². The van der Waals surface area contributed by atoms with Crippen molar-refractivity contribution in [2.45, 2.75) is 25.7 Å². The van der Waals surface area contributed by atoms with Crippen LogP contribution >= 0.6 is 35.0 Å². The van der Waals surface area contributed by atoms with Crippen molar-refractivity contribution >= 4 is 46.0 Å². The molecule has 0 spiro atoms. The molecule has 0 saturated carbocycles. The number of thioether (sulfide) groups is 1. The van der Waals surface area contributed by atoms with Crippen molar-refractivity contribution < 1.29 is 9.53 Å². The van der Waals surface area contributed by atoms with E-state index in [1.807, 2.05) is 38.1 Å².